The van der Waals surface area contributed by atoms with Crippen LogP contribution in [0.2, 0.25) is 0 Å². The number of carbonyl (C=O) groups is 2. The SMILES string of the molecule is CC(=O)Nc1ccc(NC(=O)c2cc(-c3ccc(Br)cc3)n[nH]2)cc1. The Morgan fingerprint density at radius 2 is 1.56 bits per heavy atom. The lowest BCUT2D eigenvalue weighted by molar-refractivity contribution is -0.114. The van der Waals surface area contributed by atoms with Gasteiger partial charge in [-0.1, -0.05) is 28.1 Å². The number of aromatic nitrogens is 2. The van der Waals surface area contributed by atoms with Crippen LogP contribution < -0.4 is 10.6 Å². The first-order valence-electron chi connectivity index (χ1n) is 7.51. The molecule has 0 aliphatic rings. The molecule has 6 nitrogen and oxygen atoms in total. The zero-order chi connectivity index (χ0) is 17.8. The Kier molecular flexibility index (Phi) is 4.95. The van der Waals surface area contributed by atoms with E-state index in [1.807, 2.05) is 24.3 Å². The number of hydrogen-bond acceptors (Lipinski definition) is 3. The van der Waals surface area contributed by atoms with E-state index in [0.717, 1.165) is 10.0 Å². The highest BCUT2D eigenvalue weighted by molar-refractivity contribution is 9.10. The van der Waals surface area contributed by atoms with Crippen LogP contribution in [0.3, 0.4) is 0 Å². The molecule has 2 aromatic carbocycles. The van der Waals surface area contributed by atoms with Gasteiger partial charge in [0, 0.05) is 28.3 Å². The van der Waals surface area contributed by atoms with Gasteiger partial charge < -0.3 is 10.6 Å². The van der Waals surface area contributed by atoms with Crippen molar-refractivity contribution in [2.45, 2.75) is 6.92 Å². The number of carbonyl (C=O) groups excluding carboxylic acids is 2. The van der Waals surface area contributed by atoms with Crippen molar-refractivity contribution in [3.05, 3.63) is 64.8 Å². The minimum Gasteiger partial charge on any atom is -0.326 e. The fourth-order valence-electron chi connectivity index (χ4n) is 2.25. The van der Waals surface area contributed by atoms with Crippen molar-refractivity contribution in [3.63, 3.8) is 0 Å². The molecule has 1 aromatic heterocycles. The number of aromatic amines is 1. The number of anilines is 2. The van der Waals surface area contributed by atoms with Gasteiger partial charge in [0.2, 0.25) is 5.91 Å². The summed E-state index contributed by atoms with van der Waals surface area (Å²) in [6.07, 6.45) is 0. The molecule has 0 atom stereocenters. The normalized spacial score (nSPS) is 10.3. The molecule has 25 heavy (non-hydrogen) atoms. The number of nitrogens with zero attached hydrogens (tertiary/aromatic N) is 1. The topological polar surface area (TPSA) is 86.9 Å². The van der Waals surface area contributed by atoms with Crippen molar-refractivity contribution in [2.24, 2.45) is 0 Å². The van der Waals surface area contributed by atoms with Crippen LogP contribution in [0, 0.1) is 0 Å². The highest BCUT2D eigenvalue weighted by Gasteiger charge is 2.11. The molecule has 0 saturated carbocycles. The van der Waals surface area contributed by atoms with Crippen LogP contribution in [-0.4, -0.2) is 22.0 Å². The predicted molar refractivity (Wildman–Crippen MR) is 100 cm³/mol. The van der Waals surface area contributed by atoms with E-state index in [-0.39, 0.29) is 11.8 Å². The Hall–Kier alpha value is -2.93. The number of benzene rings is 2. The largest absolute Gasteiger partial charge is 0.326 e. The average Bonchev–Trinajstić information content (AvgIpc) is 3.07. The minimum absolute atomic E-state index is 0.144. The van der Waals surface area contributed by atoms with E-state index in [2.05, 4.69) is 36.8 Å². The van der Waals surface area contributed by atoms with Crippen molar-refractivity contribution < 1.29 is 9.59 Å². The monoisotopic (exact) mass is 398 g/mol. The van der Waals surface area contributed by atoms with E-state index >= 15 is 0 Å². The van der Waals surface area contributed by atoms with E-state index in [9.17, 15) is 9.59 Å². The molecule has 0 fully saturated rings. The molecule has 0 radical (unpaired) electrons. The van der Waals surface area contributed by atoms with Gasteiger partial charge in [-0.05, 0) is 42.5 Å². The summed E-state index contributed by atoms with van der Waals surface area (Å²) in [7, 11) is 0. The maximum atomic E-state index is 12.3. The summed E-state index contributed by atoms with van der Waals surface area (Å²) in [5.74, 6) is -0.433. The van der Waals surface area contributed by atoms with Crippen LogP contribution in [0.15, 0.2) is 59.1 Å². The number of halogens is 1. The highest BCUT2D eigenvalue weighted by atomic mass is 79.9. The molecule has 3 rings (SSSR count). The fourth-order valence-corrected chi connectivity index (χ4v) is 2.51. The first kappa shape index (κ1) is 16.9. The highest BCUT2D eigenvalue weighted by Crippen LogP contribution is 2.21. The number of nitrogens with one attached hydrogen (secondary N) is 3. The molecule has 7 heteroatoms. The van der Waals surface area contributed by atoms with Gasteiger partial charge in [0.25, 0.3) is 5.91 Å². The smallest absolute Gasteiger partial charge is 0.273 e. The molecule has 0 saturated heterocycles. The molecule has 0 bridgehead atoms. The molecular formula is C18H15BrN4O2. The second kappa shape index (κ2) is 7.31. The summed E-state index contributed by atoms with van der Waals surface area (Å²) >= 11 is 3.39. The summed E-state index contributed by atoms with van der Waals surface area (Å²) < 4.78 is 0.979. The first-order chi connectivity index (χ1) is 12.0. The molecule has 0 spiro atoms. The van der Waals surface area contributed by atoms with Gasteiger partial charge in [-0.2, -0.15) is 5.10 Å². The lowest BCUT2D eigenvalue weighted by Crippen LogP contribution is -2.12. The number of H-pyrrole nitrogens is 1. The second-order valence-electron chi connectivity index (χ2n) is 5.39. The van der Waals surface area contributed by atoms with Gasteiger partial charge in [0.15, 0.2) is 0 Å². The average molecular weight is 399 g/mol. The summed E-state index contributed by atoms with van der Waals surface area (Å²) in [4.78, 5) is 23.3. The maximum Gasteiger partial charge on any atom is 0.273 e. The lowest BCUT2D eigenvalue weighted by Gasteiger charge is -2.05. The third kappa shape index (κ3) is 4.33. The summed E-state index contributed by atoms with van der Waals surface area (Å²) in [5.41, 5.74) is 3.27. The Morgan fingerprint density at radius 1 is 0.960 bits per heavy atom. The van der Waals surface area contributed by atoms with Gasteiger partial charge in [-0.25, -0.2) is 0 Å². The molecule has 0 unspecified atom stereocenters. The van der Waals surface area contributed by atoms with Crippen molar-refractivity contribution in [1.29, 1.82) is 0 Å². The summed E-state index contributed by atoms with van der Waals surface area (Å²) in [6, 6.07) is 16.2. The Morgan fingerprint density at radius 3 is 2.16 bits per heavy atom. The van der Waals surface area contributed by atoms with Crippen LogP contribution >= 0.6 is 15.9 Å². The van der Waals surface area contributed by atoms with Crippen LogP contribution in [0.25, 0.3) is 11.3 Å². The molecule has 3 N–H and O–H groups in total. The number of rotatable bonds is 4. The summed E-state index contributed by atoms with van der Waals surface area (Å²) in [6.45, 7) is 1.44. The van der Waals surface area contributed by atoms with Crippen molar-refractivity contribution in [2.75, 3.05) is 10.6 Å². The third-order valence-electron chi connectivity index (χ3n) is 3.43. The van der Waals surface area contributed by atoms with Crippen LogP contribution in [0.1, 0.15) is 17.4 Å². The van der Waals surface area contributed by atoms with E-state index in [4.69, 9.17) is 0 Å². The van der Waals surface area contributed by atoms with E-state index in [1.165, 1.54) is 6.92 Å². The van der Waals surface area contributed by atoms with Crippen molar-refractivity contribution in [1.82, 2.24) is 10.2 Å². The standard InChI is InChI=1S/C18H15BrN4O2/c1-11(24)20-14-6-8-15(9-7-14)21-18(25)17-10-16(22-23-17)12-2-4-13(19)5-3-12/h2-10H,1H3,(H,20,24)(H,21,25)(H,22,23). The van der Waals surface area contributed by atoms with Gasteiger partial charge >= 0.3 is 0 Å². The molecule has 1 heterocycles. The van der Waals surface area contributed by atoms with Crippen molar-refractivity contribution >= 4 is 39.1 Å². The van der Waals surface area contributed by atoms with Gasteiger partial charge in [-0.3, -0.25) is 14.7 Å². The van der Waals surface area contributed by atoms with Crippen LogP contribution in [-0.2, 0) is 4.79 Å². The van der Waals surface area contributed by atoms with Crippen molar-refractivity contribution in [3.8, 4) is 11.3 Å². The summed E-state index contributed by atoms with van der Waals surface area (Å²) in [5, 5.41) is 12.4. The Bertz CT molecular complexity index is 902. The maximum absolute atomic E-state index is 12.3. The van der Waals surface area contributed by atoms with Gasteiger partial charge in [0.1, 0.15) is 5.69 Å². The second-order valence-corrected chi connectivity index (χ2v) is 6.30. The van der Waals surface area contributed by atoms with Gasteiger partial charge in [0.05, 0.1) is 5.69 Å². The lowest BCUT2D eigenvalue weighted by atomic mass is 10.1. The molecule has 2 amide bonds. The minimum atomic E-state index is -0.289. The molecule has 126 valence electrons. The third-order valence-corrected chi connectivity index (χ3v) is 3.95. The fraction of sp³-hybridized carbons (Fsp3) is 0.0556. The van der Waals surface area contributed by atoms with Crippen LogP contribution in [0.4, 0.5) is 11.4 Å². The zero-order valence-corrected chi connectivity index (χ0v) is 14.9. The van der Waals surface area contributed by atoms with E-state index in [0.29, 0.717) is 22.8 Å². The molecule has 3 aromatic rings. The Balaban J connectivity index is 1.69. The van der Waals surface area contributed by atoms with Gasteiger partial charge in [-0.15, -0.1) is 0 Å². The quantitative estimate of drug-likeness (QED) is 0.619. The molecule has 0 aliphatic heterocycles. The first-order valence-corrected chi connectivity index (χ1v) is 8.31. The van der Waals surface area contributed by atoms with E-state index in [1.54, 1.807) is 30.3 Å². The Labute approximate surface area is 152 Å². The predicted octanol–water partition coefficient (Wildman–Crippen LogP) is 4.05. The van der Waals surface area contributed by atoms with Crippen LogP contribution in [0.5, 0.6) is 0 Å². The number of hydrogen-bond donors (Lipinski definition) is 3. The zero-order valence-electron chi connectivity index (χ0n) is 13.3. The molecule has 0 aliphatic carbocycles. The molecular weight excluding hydrogens is 384 g/mol. The number of amides is 2. The van der Waals surface area contributed by atoms with E-state index < -0.39 is 0 Å².